The summed E-state index contributed by atoms with van der Waals surface area (Å²) in [7, 11) is 1.47. The zero-order valence-corrected chi connectivity index (χ0v) is 24.0. The van der Waals surface area contributed by atoms with Crippen LogP contribution in [0.25, 0.3) is 6.08 Å². The molecule has 37 heavy (non-hydrogen) atoms. The molecule has 0 saturated carbocycles. The number of aromatic hydroxyl groups is 1. The third-order valence-corrected chi connectivity index (χ3v) is 7.46. The number of carbonyl (C=O) groups excluding carboxylic acids is 1. The number of ether oxygens (including phenoxy) is 3. The van der Waals surface area contributed by atoms with Gasteiger partial charge in [0.15, 0.2) is 16.3 Å². The Hall–Kier alpha value is -3.12. The number of phenols is 1. The summed E-state index contributed by atoms with van der Waals surface area (Å²) in [5.41, 5.74) is 1.96. The number of rotatable bonds is 7. The maximum atomic E-state index is 13.8. The Morgan fingerprint density at radius 1 is 1.27 bits per heavy atom. The number of benzene rings is 2. The fourth-order valence-electron chi connectivity index (χ4n) is 4.09. The van der Waals surface area contributed by atoms with Crippen LogP contribution in [0.1, 0.15) is 44.9 Å². The van der Waals surface area contributed by atoms with E-state index in [9.17, 15) is 14.7 Å². The number of carbonyl (C=O) groups is 1. The highest BCUT2D eigenvalue weighted by Gasteiger charge is 2.33. The third kappa shape index (κ3) is 5.45. The van der Waals surface area contributed by atoms with E-state index in [1.807, 2.05) is 60.7 Å². The van der Waals surface area contributed by atoms with Gasteiger partial charge >= 0.3 is 5.97 Å². The molecular weight excluding hydrogens is 607 g/mol. The van der Waals surface area contributed by atoms with E-state index in [-0.39, 0.29) is 24.0 Å². The second-order valence-electron chi connectivity index (χ2n) is 8.59. The molecule has 0 aliphatic carbocycles. The number of fused-ring (bicyclic) bond motifs is 1. The number of methoxy groups -OCH3 is 1. The molecule has 0 radical (unpaired) electrons. The first-order valence-corrected chi connectivity index (χ1v) is 13.6. The van der Waals surface area contributed by atoms with Crippen LogP contribution in [-0.4, -0.2) is 35.5 Å². The summed E-state index contributed by atoms with van der Waals surface area (Å²) >= 11 is 3.24. The van der Waals surface area contributed by atoms with Crippen molar-refractivity contribution in [3.05, 3.63) is 82.1 Å². The summed E-state index contributed by atoms with van der Waals surface area (Å²) in [6, 6.07) is 10.1. The number of thiazole rings is 1. The molecule has 4 rings (SSSR count). The molecule has 1 N–H and O–H groups in total. The third-order valence-electron chi connectivity index (χ3n) is 5.65. The minimum atomic E-state index is -0.708. The van der Waals surface area contributed by atoms with Crippen LogP contribution in [0.15, 0.2) is 57.5 Å². The second kappa shape index (κ2) is 11.1. The monoisotopic (exact) mass is 634 g/mol. The zero-order valence-electron chi connectivity index (χ0n) is 21.1. The van der Waals surface area contributed by atoms with E-state index >= 15 is 0 Å². The zero-order chi connectivity index (χ0) is 26.9. The fraction of sp³-hybridized carbons (Fsp3) is 0.296. The molecule has 0 fully saturated rings. The quantitative estimate of drug-likeness (QED) is 0.313. The molecule has 0 spiro atoms. The van der Waals surface area contributed by atoms with Crippen molar-refractivity contribution in [1.82, 2.24) is 4.57 Å². The van der Waals surface area contributed by atoms with Crippen LogP contribution in [0.5, 0.6) is 17.2 Å². The van der Waals surface area contributed by atoms with E-state index in [4.69, 9.17) is 14.2 Å². The topological polar surface area (TPSA) is 99.4 Å². The maximum Gasteiger partial charge on any atom is 0.338 e. The van der Waals surface area contributed by atoms with E-state index in [0.29, 0.717) is 41.2 Å². The smallest absolute Gasteiger partial charge is 0.338 e. The van der Waals surface area contributed by atoms with Crippen LogP contribution in [0, 0.1) is 3.57 Å². The fourth-order valence-corrected chi connectivity index (χ4v) is 5.76. The molecule has 194 valence electrons. The lowest BCUT2D eigenvalue weighted by Crippen LogP contribution is -2.39. The van der Waals surface area contributed by atoms with Crippen LogP contribution >= 0.6 is 33.9 Å². The van der Waals surface area contributed by atoms with Gasteiger partial charge in [-0.2, -0.15) is 0 Å². The number of esters is 1. The number of aromatic nitrogens is 1. The second-order valence-corrected chi connectivity index (χ2v) is 10.8. The lowest BCUT2D eigenvalue weighted by atomic mass is 9.96. The maximum absolute atomic E-state index is 13.8. The summed E-state index contributed by atoms with van der Waals surface area (Å²) in [5.74, 6) is 0.540. The van der Waals surface area contributed by atoms with Gasteiger partial charge in [-0.15, -0.1) is 0 Å². The van der Waals surface area contributed by atoms with Crippen molar-refractivity contribution in [2.45, 2.75) is 39.8 Å². The van der Waals surface area contributed by atoms with Crippen molar-refractivity contribution < 1.29 is 24.1 Å². The van der Waals surface area contributed by atoms with Gasteiger partial charge in [-0.25, -0.2) is 9.79 Å². The van der Waals surface area contributed by atoms with Crippen LogP contribution in [0.2, 0.25) is 0 Å². The molecule has 0 saturated heterocycles. The molecule has 0 unspecified atom stereocenters. The minimum Gasteiger partial charge on any atom is -0.504 e. The molecule has 10 heteroatoms. The highest BCUT2D eigenvalue weighted by atomic mass is 127. The predicted molar refractivity (Wildman–Crippen MR) is 150 cm³/mol. The van der Waals surface area contributed by atoms with Crippen LogP contribution in [0.4, 0.5) is 0 Å². The van der Waals surface area contributed by atoms with Crippen molar-refractivity contribution in [3.63, 3.8) is 0 Å². The number of halogens is 1. The number of allylic oxidation sites excluding steroid dienone is 1. The van der Waals surface area contributed by atoms with Crippen molar-refractivity contribution in [2.75, 3.05) is 13.7 Å². The summed E-state index contributed by atoms with van der Waals surface area (Å²) in [6.07, 6.45) is 1.75. The van der Waals surface area contributed by atoms with Crippen molar-refractivity contribution in [1.29, 1.82) is 0 Å². The lowest BCUT2D eigenvalue weighted by molar-refractivity contribution is -0.139. The average molecular weight is 634 g/mol. The molecule has 1 aliphatic heterocycles. The highest BCUT2D eigenvalue weighted by molar-refractivity contribution is 14.1. The molecule has 2 heterocycles. The SMILES string of the molecule is CCOC(=O)C1=C(C)N=c2s/c(=C\c3cc(I)c(O)c(OC)c3)c(=O)n2[C@@H]1c1ccc(OC(C)C)cc1. The van der Waals surface area contributed by atoms with Gasteiger partial charge in [0.2, 0.25) is 0 Å². The van der Waals surface area contributed by atoms with Gasteiger partial charge in [-0.3, -0.25) is 9.36 Å². The number of phenolic OH excluding ortho intramolecular Hbond substituents is 1. The van der Waals surface area contributed by atoms with E-state index in [1.165, 1.54) is 23.0 Å². The Bertz CT molecular complexity index is 1550. The number of hydrogen-bond donors (Lipinski definition) is 1. The molecule has 3 aromatic rings. The van der Waals surface area contributed by atoms with Gasteiger partial charge < -0.3 is 19.3 Å². The standard InChI is InChI=1S/C27H27IN2O6S/c1-6-35-26(33)22-15(4)29-27-30(23(22)17-7-9-18(10-8-17)36-14(2)3)25(32)21(37-27)13-16-11-19(28)24(31)20(12-16)34-5/h7-14,23,31H,6H2,1-5H3/b21-13-/t23-/m1/s1. The van der Waals surface area contributed by atoms with Crippen LogP contribution < -0.4 is 24.4 Å². The van der Waals surface area contributed by atoms with Gasteiger partial charge in [0.05, 0.1) is 45.2 Å². The van der Waals surface area contributed by atoms with Crippen LogP contribution in [0.3, 0.4) is 0 Å². The largest absolute Gasteiger partial charge is 0.504 e. The first-order valence-electron chi connectivity index (χ1n) is 11.7. The average Bonchev–Trinajstić information content (AvgIpc) is 3.15. The van der Waals surface area contributed by atoms with E-state index in [1.54, 1.807) is 32.1 Å². The minimum absolute atomic E-state index is 0.0161. The van der Waals surface area contributed by atoms with E-state index in [2.05, 4.69) is 4.99 Å². The highest BCUT2D eigenvalue weighted by Crippen LogP contribution is 2.33. The van der Waals surface area contributed by atoms with E-state index < -0.39 is 12.0 Å². The van der Waals surface area contributed by atoms with Crippen molar-refractivity contribution in [3.8, 4) is 17.2 Å². The predicted octanol–water partition coefficient (Wildman–Crippen LogP) is 3.90. The summed E-state index contributed by atoms with van der Waals surface area (Å²) in [5, 5.41) is 10.2. The van der Waals surface area contributed by atoms with Crippen LogP contribution in [-0.2, 0) is 9.53 Å². The Kier molecular flexibility index (Phi) is 8.08. The Labute approximate surface area is 231 Å². The summed E-state index contributed by atoms with van der Waals surface area (Å²) in [4.78, 5) is 31.9. The molecule has 2 aromatic carbocycles. The Balaban J connectivity index is 1.91. The van der Waals surface area contributed by atoms with Crippen molar-refractivity contribution in [2.24, 2.45) is 4.99 Å². The first kappa shape index (κ1) is 26.9. The summed E-state index contributed by atoms with van der Waals surface area (Å²) < 4.78 is 18.9. The van der Waals surface area contributed by atoms with E-state index in [0.717, 1.165) is 5.56 Å². The molecular formula is C27H27IN2O6S. The molecule has 1 aliphatic rings. The number of nitrogens with zero attached hydrogens (tertiary/aromatic N) is 2. The van der Waals surface area contributed by atoms with Gasteiger partial charge in [-0.05, 0) is 91.8 Å². The molecule has 8 nitrogen and oxygen atoms in total. The first-order chi connectivity index (χ1) is 17.6. The number of hydrogen-bond acceptors (Lipinski definition) is 8. The molecule has 1 aromatic heterocycles. The van der Waals surface area contributed by atoms with Gasteiger partial charge in [-0.1, -0.05) is 23.5 Å². The Morgan fingerprint density at radius 2 is 1.97 bits per heavy atom. The van der Waals surface area contributed by atoms with Gasteiger partial charge in [0, 0.05) is 0 Å². The van der Waals surface area contributed by atoms with Gasteiger partial charge in [0.1, 0.15) is 5.75 Å². The normalized spacial score (nSPS) is 15.4. The molecule has 0 bridgehead atoms. The van der Waals surface area contributed by atoms with Gasteiger partial charge in [0.25, 0.3) is 5.56 Å². The lowest BCUT2D eigenvalue weighted by Gasteiger charge is -2.25. The molecule has 1 atom stereocenters. The van der Waals surface area contributed by atoms with Crippen molar-refractivity contribution >= 4 is 46.0 Å². The summed E-state index contributed by atoms with van der Waals surface area (Å²) in [6.45, 7) is 7.58. The Morgan fingerprint density at radius 3 is 2.59 bits per heavy atom. The molecule has 0 amide bonds.